The Morgan fingerprint density at radius 1 is 1.08 bits per heavy atom. The zero-order valence-electron chi connectivity index (χ0n) is 7.63. The number of hydrogen-bond acceptors (Lipinski definition) is 3. The lowest BCUT2D eigenvalue weighted by Crippen LogP contribution is -2.15. The van der Waals surface area contributed by atoms with Crippen LogP contribution in [0.3, 0.4) is 0 Å². The van der Waals surface area contributed by atoms with Gasteiger partial charge in [-0.2, -0.15) is 0 Å². The summed E-state index contributed by atoms with van der Waals surface area (Å²) in [5, 5.41) is 0. The quantitative estimate of drug-likeness (QED) is 0.607. The van der Waals surface area contributed by atoms with Gasteiger partial charge in [-0.15, -0.1) is 0 Å². The second-order valence-corrected chi connectivity index (χ2v) is 3.18. The second kappa shape index (κ2) is 6.40. The number of nitrogens with two attached hydrogens (primary N) is 1. The number of rotatable bonds is 6. The van der Waals surface area contributed by atoms with E-state index in [4.69, 9.17) is 15.2 Å². The minimum absolute atomic E-state index is 0.506. The van der Waals surface area contributed by atoms with Crippen molar-refractivity contribution in [2.75, 3.05) is 26.4 Å². The van der Waals surface area contributed by atoms with Gasteiger partial charge in [0.1, 0.15) is 0 Å². The molecule has 0 radical (unpaired) electrons. The Labute approximate surface area is 74.2 Å². The van der Waals surface area contributed by atoms with Gasteiger partial charge in [0.15, 0.2) is 0 Å². The molecule has 1 aliphatic rings. The molecule has 0 aromatic rings. The van der Waals surface area contributed by atoms with Gasteiger partial charge in [0.05, 0.1) is 25.9 Å². The van der Waals surface area contributed by atoms with E-state index in [9.17, 15) is 0 Å². The topological polar surface area (TPSA) is 44.5 Å². The molecule has 72 valence electrons. The van der Waals surface area contributed by atoms with Crippen molar-refractivity contribution in [3.63, 3.8) is 0 Å². The van der Waals surface area contributed by atoms with Crippen molar-refractivity contribution in [2.24, 2.45) is 5.73 Å². The van der Waals surface area contributed by atoms with Crippen molar-refractivity contribution in [1.82, 2.24) is 0 Å². The van der Waals surface area contributed by atoms with E-state index in [-0.39, 0.29) is 0 Å². The molecule has 0 spiro atoms. The molecule has 0 aliphatic heterocycles. The average Bonchev–Trinajstić information content (AvgIpc) is 2.57. The van der Waals surface area contributed by atoms with Crippen LogP contribution >= 0.6 is 0 Å². The maximum atomic E-state index is 5.58. The zero-order chi connectivity index (χ0) is 8.65. The first-order valence-corrected chi connectivity index (χ1v) is 4.83. The van der Waals surface area contributed by atoms with Crippen LogP contribution in [0.2, 0.25) is 0 Å². The Balaban J connectivity index is 1.81. The van der Waals surface area contributed by atoms with Crippen molar-refractivity contribution >= 4 is 0 Å². The minimum atomic E-state index is 0.506. The molecule has 1 rings (SSSR count). The van der Waals surface area contributed by atoms with Gasteiger partial charge in [-0.1, -0.05) is 12.8 Å². The van der Waals surface area contributed by atoms with E-state index in [0.717, 1.165) is 6.61 Å². The summed E-state index contributed by atoms with van der Waals surface area (Å²) in [7, 11) is 0. The van der Waals surface area contributed by atoms with Crippen LogP contribution in [-0.2, 0) is 9.47 Å². The normalized spacial score (nSPS) is 18.8. The van der Waals surface area contributed by atoms with E-state index < -0.39 is 0 Å². The summed E-state index contributed by atoms with van der Waals surface area (Å²) in [6, 6.07) is 0. The first kappa shape index (κ1) is 9.96. The summed E-state index contributed by atoms with van der Waals surface area (Å²) in [4.78, 5) is 0. The van der Waals surface area contributed by atoms with Crippen LogP contribution in [0.25, 0.3) is 0 Å². The molecule has 0 saturated heterocycles. The molecule has 12 heavy (non-hydrogen) atoms. The highest BCUT2D eigenvalue weighted by Crippen LogP contribution is 2.20. The molecule has 0 amide bonds. The van der Waals surface area contributed by atoms with E-state index in [1.54, 1.807) is 0 Å². The number of hydrogen-bond donors (Lipinski definition) is 1. The standard InChI is InChI=1S/C9H19NO2/c10-5-6-11-7-8-12-9-3-1-2-4-9/h9H,1-8,10H2. The van der Waals surface area contributed by atoms with Crippen molar-refractivity contribution in [2.45, 2.75) is 31.8 Å². The molecule has 0 bridgehead atoms. The average molecular weight is 173 g/mol. The van der Waals surface area contributed by atoms with Gasteiger partial charge in [0.25, 0.3) is 0 Å². The molecule has 3 nitrogen and oxygen atoms in total. The highest BCUT2D eigenvalue weighted by molar-refractivity contribution is 4.66. The summed E-state index contributed by atoms with van der Waals surface area (Å²) in [5.74, 6) is 0. The molecule has 0 unspecified atom stereocenters. The molecule has 1 fully saturated rings. The smallest absolute Gasteiger partial charge is 0.0704 e. The van der Waals surface area contributed by atoms with E-state index in [1.807, 2.05) is 0 Å². The molecule has 0 heterocycles. The Bertz CT molecular complexity index is 103. The molecule has 1 aliphatic carbocycles. The molecule has 3 heteroatoms. The van der Waals surface area contributed by atoms with Gasteiger partial charge in [0.2, 0.25) is 0 Å². The third-order valence-electron chi connectivity index (χ3n) is 2.15. The van der Waals surface area contributed by atoms with Crippen LogP contribution in [0.1, 0.15) is 25.7 Å². The number of ether oxygens (including phenoxy) is 2. The summed E-state index contributed by atoms with van der Waals surface area (Å²) < 4.78 is 10.8. The monoisotopic (exact) mass is 173 g/mol. The lowest BCUT2D eigenvalue weighted by molar-refractivity contribution is 0.00969. The molecule has 0 aromatic heterocycles. The van der Waals surface area contributed by atoms with Crippen LogP contribution in [0, 0.1) is 0 Å². The molecule has 1 saturated carbocycles. The summed E-state index contributed by atoms with van der Waals surface area (Å²) in [5.41, 5.74) is 5.27. The first-order valence-electron chi connectivity index (χ1n) is 4.83. The van der Waals surface area contributed by atoms with Crippen molar-refractivity contribution in [1.29, 1.82) is 0 Å². The molecule has 0 aromatic carbocycles. The highest BCUT2D eigenvalue weighted by atomic mass is 16.5. The fourth-order valence-corrected chi connectivity index (χ4v) is 1.51. The first-order chi connectivity index (χ1) is 5.93. The lowest BCUT2D eigenvalue weighted by atomic mass is 10.3. The predicted molar refractivity (Wildman–Crippen MR) is 48.1 cm³/mol. The van der Waals surface area contributed by atoms with E-state index in [2.05, 4.69) is 0 Å². The summed E-state index contributed by atoms with van der Waals surface area (Å²) >= 11 is 0. The van der Waals surface area contributed by atoms with Crippen LogP contribution < -0.4 is 5.73 Å². The molecular weight excluding hydrogens is 154 g/mol. The Kier molecular flexibility index (Phi) is 5.32. The fraction of sp³-hybridized carbons (Fsp3) is 1.00. The molecular formula is C9H19NO2. The molecule has 0 atom stereocenters. The van der Waals surface area contributed by atoms with Crippen molar-refractivity contribution < 1.29 is 9.47 Å². The predicted octanol–water partition coefficient (Wildman–Crippen LogP) is 0.921. The second-order valence-electron chi connectivity index (χ2n) is 3.18. The third-order valence-corrected chi connectivity index (χ3v) is 2.15. The van der Waals surface area contributed by atoms with Gasteiger partial charge in [-0.05, 0) is 12.8 Å². The lowest BCUT2D eigenvalue weighted by Gasteiger charge is -2.10. The maximum absolute atomic E-state index is 5.58. The van der Waals surface area contributed by atoms with Crippen molar-refractivity contribution in [3.05, 3.63) is 0 Å². The summed E-state index contributed by atoms with van der Waals surface area (Å²) in [6.45, 7) is 2.66. The Morgan fingerprint density at radius 2 is 1.83 bits per heavy atom. The van der Waals surface area contributed by atoms with Gasteiger partial charge >= 0.3 is 0 Å². The SMILES string of the molecule is NCCOCCOC1CCCC1. The van der Waals surface area contributed by atoms with Crippen LogP contribution in [0.15, 0.2) is 0 Å². The van der Waals surface area contributed by atoms with Crippen LogP contribution in [0.4, 0.5) is 0 Å². The third kappa shape index (κ3) is 4.04. The van der Waals surface area contributed by atoms with E-state index >= 15 is 0 Å². The minimum Gasteiger partial charge on any atom is -0.378 e. The van der Waals surface area contributed by atoms with Gasteiger partial charge in [-0.3, -0.25) is 0 Å². The maximum Gasteiger partial charge on any atom is 0.0704 e. The van der Waals surface area contributed by atoms with Crippen LogP contribution in [0.5, 0.6) is 0 Å². The van der Waals surface area contributed by atoms with Gasteiger partial charge < -0.3 is 15.2 Å². The highest BCUT2D eigenvalue weighted by Gasteiger charge is 2.14. The van der Waals surface area contributed by atoms with Crippen LogP contribution in [-0.4, -0.2) is 32.5 Å². The van der Waals surface area contributed by atoms with Gasteiger partial charge in [0, 0.05) is 6.54 Å². The van der Waals surface area contributed by atoms with Gasteiger partial charge in [-0.25, -0.2) is 0 Å². The Hall–Kier alpha value is -0.120. The largest absolute Gasteiger partial charge is 0.378 e. The molecule has 2 N–H and O–H groups in total. The fourth-order valence-electron chi connectivity index (χ4n) is 1.51. The summed E-state index contributed by atoms with van der Waals surface area (Å²) in [6.07, 6.45) is 5.63. The van der Waals surface area contributed by atoms with E-state index in [1.165, 1.54) is 25.7 Å². The van der Waals surface area contributed by atoms with E-state index in [0.29, 0.717) is 25.9 Å². The Morgan fingerprint density at radius 3 is 2.50 bits per heavy atom. The van der Waals surface area contributed by atoms with Crippen molar-refractivity contribution in [3.8, 4) is 0 Å². The zero-order valence-corrected chi connectivity index (χ0v) is 7.63.